The molecule has 2 N–H and O–H groups in total. The standard InChI is InChI=1S/C26H22F4N4O3/c1-37-21-13-7-11-18(22(21)27)23-24(35)33(15-20(31)16-8-3-2-4-9-16)25(36)34(32-23)14-17-10-5-6-12-19(17)26(28,29)30/h2-13,20H,14-15,31H2,1H3. The molecule has 4 aromatic rings. The Hall–Kier alpha value is -4.25. The van der Waals surface area contributed by atoms with E-state index in [1.165, 1.54) is 43.5 Å². The number of ether oxygens (including phenoxy) is 1. The van der Waals surface area contributed by atoms with E-state index in [1.807, 2.05) is 0 Å². The molecule has 0 spiro atoms. The molecule has 0 saturated heterocycles. The van der Waals surface area contributed by atoms with Gasteiger partial charge >= 0.3 is 11.9 Å². The van der Waals surface area contributed by atoms with Gasteiger partial charge in [0.25, 0.3) is 5.56 Å². The van der Waals surface area contributed by atoms with E-state index in [0.29, 0.717) is 10.2 Å². The molecule has 0 fully saturated rings. The molecule has 1 unspecified atom stereocenters. The van der Waals surface area contributed by atoms with E-state index in [-0.39, 0.29) is 23.4 Å². The maximum Gasteiger partial charge on any atom is 0.416 e. The number of nitrogens with zero attached hydrogens (tertiary/aromatic N) is 3. The Bertz CT molecular complexity index is 1530. The third-order valence-electron chi connectivity index (χ3n) is 5.81. The first-order valence-corrected chi connectivity index (χ1v) is 11.1. The minimum absolute atomic E-state index is 0.175. The van der Waals surface area contributed by atoms with Crippen LogP contribution in [0.4, 0.5) is 17.6 Å². The molecule has 0 saturated carbocycles. The third-order valence-corrected chi connectivity index (χ3v) is 5.81. The second-order valence-electron chi connectivity index (χ2n) is 8.20. The fraction of sp³-hybridized carbons (Fsp3) is 0.192. The molecule has 0 aliphatic carbocycles. The van der Waals surface area contributed by atoms with Crippen molar-refractivity contribution < 1.29 is 22.3 Å². The number of aromatic nitrogens is 3. The summed E-state index contributed by atoms with van der Waals surface area (Å²) in [6.07, 6.45) is -4.69. The van der Waals surface area contributed by atoms with E-state index < -0.39 is 47.1 Å². The molecule has 37 heavy (non-hydrogen) atoms. The SMILES string of the molecule is COc1cccc(-c2nn(Cc3ccccc3C(F)(F)F)c(=O)n(CC(N)c3ccccc3)c2=O)c1F. The van der Waals surface area contributed by atoms with Crippen molar-refractivity contribution in [3.8, 4) is 17.0 Å². The van der Waals surface area contributed by atoms with Crippen LogP contribution in [0, 0.1) is 5.82 Å². The van der Waals surface area contributed by atoms with Gasteiger partial charge in [-0.05, 0) is 29.3 Å². The van der Waals surface area contributed by atoms with Crippen molar-refractivity contribution in [2.75, 3.05) is 7.11 Å². The van der Waals surface area contributed by atoms with Gasteiger partial charge < -0.3 is 10.5 Å². The van der Waals surface area contributed by atoms with Crippen LogP contribution < -0.4 is 21.7 Å². The third kappa shape index (κ3) is 5.31. The highest BCUT2D eigenvalue weighted by atomic mass is 19.4. The van der Waals surface area contributed by atoms with E-state index in [1.54, 1.807) is 30.3 Å². The van der Waals surface area contributed by atoms with Crippen molar-refractivity contribution in [1.29, 1.82) is 0 Å². The van der Waals surface area contributed by atoms with Crippen molar-refractivity contribution in [1.82, 2.24) is 14.3 Å². The Labute approximate surface area is 208 Å². The average molecular weight is 514 g/mol. The normalized spacial score (nSPS) is 12.4. The fourth-order valence-electron chi connectivity index (χ4n) is 3.94. The first-order chi connectivity index (χ1) is 17.6. The van der Waals surface area contributed by atoms with Crippen molar-refractivity contribution in [3.05, 3.63) is 116 Å². The number of rotatable bonds is 7. The molecular weight excluding hydrogens is 492 g/mol. The van der Waals surface area contributed by atoms with Gasteiger partial charge in [0, 0.05) is 11.6 Å². The van der Waals surface area contributed by atoms with Gasteiger partial charge in [-0.25, -0.2) is 13.9 Å². The van der Waals surface area contributed by atoms with Crippen LogP contribution in [0.2, 0.25) is 0 Å². The van der Waals surface area contributed by atoms with Crippen molar-refractivity contribution in [2.24, 2.45) is 5.73 Å². The van der Waals surface area contributed by atoms with Gasteiger partial charge in [0.05, 0.1) is 25.8 Å². The van der Waals surface area contributed by atoms with Crippen LogP contribution in [0.25, 0.3) is 11.3 Å². The van der Waals surface area contributed by atoms with Crippen LogP contribution in [0.3, 0.4) is 0 Å². The predicted octanol–water partition coefficient (Wildman–Crippen LogP) is 3.99. The van der Waals surface area contributed by atoms with E-state index in [0.717, 1.165) is 10.6 Å². The van der Waals surface area contributed by atoms with Gasteiger partial charge in [-0.15, -0.1) is 0 Å². The van der Waals surface area contributed by atoms with E-state index in [9.17, 15) is 22.8 Å². The average Bonchev–Trinajstić information content (AvgIpc) is 2.88. The van der Waals surface area contributed by atoms with Crippen LogP contribution in [0.15, 0.2) is 82.4 Å². The Morgan fingerprint density at radius 3 is 2.32 bits per heavy atom. The number of nitrogens with two attached hydrogens (primary N) is 1. The second kappa shape index (κ2) is 10.4. The lowest BCUT2D eigenvalue weighted by atomic mass is 10.1. The molecule has 0 amide bonds. The zero-order valence-corrected chi connectivity index (χ0v) is 19.6. The van der Waals surface area contributed by atoms with Gasteiger partial charge in [0.1, 0.15) is 0 Å². The highest BCUT2D eigenvalue weighted by Crippen LogP contribution is 2.32. The highest BCUT2D eigenvalue weighted by molar-refractivity contribution is 5.61. The molecule has 0 aliphatic heterocycles. The summed E-state index contributed by atoms with van der Waals surface area (Å²) in [6.45, 7) is -0.933. The molecule has 11 heteroatoms. The zero-order chi connectivity index (χ0) is 26.7. The summed E-state index contributed by atoms with van der Waals surface area (Å²) < 4.78 is 62.3. The summed E-state index contributed by atoms with van der Waals surface area (Å²) in [5, 5.41) is 4.00. The van der Waals surface area contributed by atoms with Gasteiger partial charge in [0.2, 0.25) is 0 Å². The summed E-state index contributed by atoms with van der Waals surface area (Å²) >= 11 is 0. The second-order valence-corrected chi connectivity index (χ2v) is 8.20. The van der Waals surface area contributed by atoms with Crippen molar-refractivity contribution in [2.45, 2.75) is 25.3 Å². The minimum atomic E-state index is -4.69. The largest absolute Gasteiger partial charge is 0.494 e. The van der Waals surface area contributed by atoms with E-state index in [2.05, 4.69) is 5.10 Å². The number of hydrogen-bond donors (Lipinski definition) is 1. The minimum Gasteiger partial charge on any atom is -0.494 e. The van der Waals surface area contributed by atoms with Gasteiger partial charge in [-0.1, -0.05) is 54.6 Å². The molecule has 3 aromatic carbocycles. The number of halogens is 4. The van der Waals surface area contributed by atoms with E-state index in [4.69, 9.17) is 10.5 Å². The van der Waals surface area contributed by atoms with Crippen LogP contribution >= 0.6 is 0 Å². The van der Waals surface area contributed by atoms with Gasteiger partial charge in [-0.2, -0.15) is 18.3 Å². The Balaban J connectivity index is 1.91. The van der Waals surface area contributed by atoms with Crippen LogP contribution in [0.1, 0.15) is 22.7 Å². The van der Waals surface area contributed by atoms with Crippen LogP contribution in [0.5, 0.6) is 5.75 Å². The topological polar surface area (TPSA) is 92.1 Å². The predicted molar refractivity (Wildman–Crippen MR) is 129 cm³/mol. The zero-order valence-electron chi connectivity index (χ0n) is 19.6. The molecule has 1 atom stereocenters. The molecule has 0 aliphatic rings. The number of alkyl halides is 3. The van der Waals surface area contributed by atoms with Crippen LogP contribution in [-0.2, 0) is 19.3 Å². The lowest BCUT2D eigenvalue weighted by molar-refractivity contribution is -0.138. The molecule has 4 rings (SSSR count). The Morgan fingerprint density at radius 2 is 1.65 bits per heavy atom. The summed E-state index contributed by atoms with van der Waals surface area (Å²) in [4.78, 5) is 26.7. The molecule has 192 valence electrons. The molecular formula is C26H22F4N4O3. The first kappa shape index (κ1) is 25.8. The molecule has 0 bridgehead atoms. The Morgan fingerprint density at radius 1 is 0.973 bits per heavy atom. The van der Waals surface area contributed by atoms with E-state index >= 15 is 4.39 Å². The summed E-state index contributed by atoms with van der Waals surface area (Å²) in [6, 6.07) is 16.5. The molecule has 1 heterocycles. The summed E-state index contributed by atoms with van der Waals surface area (Å²) in [5.41, 5.74) is 2.98. The number of benzene rings is 3. The van der Waals surface area contributed by atoms with Gasteiger partial charge in [-0.3, -0.25) is 9.36 Å². The summed E-state index contributed by atoms with van der Waals surface area (Å²) in [7, 11) is 1.24. The quantitative estimate of drug-likeness (QED) is 0.377. The lowest BCUT2D eigenvalue weighted by Crippen LogP contribution is -2.44. The van der Waals surface area contributed by atoms with Crippen molar-refractivity contribution in [3.63, 3.8) is 0 Å². The number of methoxy groups -OCH3 is 1. The molecule has 7 nitrogen and oxygen atoms in total. The number of hydrogen-bond acceptors (Lipinski definition) is 5. The van der Waals surface area contributed by atoms with Crippen molar-refractivity contribution >= 4 is 0 Å². The molecule has 1 aromatic heterocycles. The fourth-order valence-corrected chi connectivity index (χ4v) is 3.94. The smallest absolute Gasteiger partial charge is 0.416 e. The maximum atomic E-state index is 15.1. The monoisotopic (exact) mass is 514 g/mol. The first-order valence-electron chi connectivity index (χ1n) is 11.1. The Kier molecular flexibility index (Phi) is 7.25. The lowest BCUT2D eigenvalue weighted by Gasteiger charge is -2.18. The maximum absolute atomic E-state index is 15.1. The van der Waals surface area contributed by atoms with Gasteiger partial charge in [0.15, 0.2) is 17.3 Å². The molecule has 0 radical (unpaired) electrons. The highest BCUT2D eigenvalue weighted by Gasteiger charge is 2.33. The van der Waals surface area contributed by atoms with Crippen LogP contribution in [-0.4, -0.2) is 21.5 Å². The summed E-state index contributed by atoms with van der Waals surface area (Å²) in [5.74, 6) is -1.08.